The van der Waals surface area contributed by atoms with Crippen LogP contribution in [0.25, 0.3) is 10.9 Å². The van der Waals surface area contributed by atoms with Gasteiger partial charge >= 0.3 is 5.97 Å². The van der Waals surface area contributed by atoms with E-state index in [1.54, 1.807) is 24.3 Å². The Morgan fingerprint density at radius 2 is 2.18 bits per heavy atom. The second-order valence-electron chi connectivity index (χ2n) is 3.36. The number of phenols is 1. The van der Waals surface area contributed by atoms with Gasteiger partial charge in [0.25, 0.3) is 0 Å². The number of fused-ring (bicyclic) bond motifs is 1. The van der Waals surface area contributed by atoms with Crippen molar-refractivity contribution in [3.8, 4) is 11.6 Å². The highest BCUT2D eigenvalue weighted by atomic mass is 16.6. The van der Waals surface area contributed by atoms with Crippen molar-refractivity contribution in [1.82, 2.24) is 4.98 Å². The molecule has 5 nitrogen and oxygen atoms in total. The lowest BCUT2D eigenvalue weighted by Gasteiger charge is -2.05. The molecule has 0 atom stereocenters. The van der Waals surface area contributed by atoms with Gasteiger partial charge in [0.05, 0.1) is 7.11 Å². The van der Waals surface area contributed by atoms with Crippen molar-refractivity contribution >= 4 is 16.9 Å². The van der Waals surface area contributed by atoms with E-state index in [2.05, 4.69) is 9.72 Å². The largest absolute Gasteiger partial charge is 0.506 e. The van der Waals surface area contributed by atoms with Gasteiger partial charge in [-0.3, -0.25) is 0 Å². The highest BCUT2D eigenvalue weighted by Crippen LogP contribution is 2.24. The zero-order chi connectivity index (χ0) is 12.3. The molecule has 0 radical (unpaired) electrons. The number of methoxy groups -OCH3 is 1. The van der Waals surface area contributed by atoms with E-state index in [4.69, 9.17) is 4.74 Å². The van der Waals surface area contributed by atoms with Crippen LogP contribution >= 0.6 is 0 Å². The van der Waals surface area contributed by atoms with Crippen LogP contribution in [-0.2, 0) is 9.53 Å². The number of rotatable bonds is 3. The normalized spacial score (nSPS) is 10.2. The van der Waals surface area contributed by atoms with Crippen molar-refractivity contribution in [3.05, 3.63) is 30.3 Å². The number of pyridine rings is 1. The zero-order valence-corrected chi connectivity index (χ0v) is 9.21. The summed E-state index contributed by atoms with van der Waals surface area (Å²) in [5, 5.41) is 10.4. The van der Waals surface area contributed by atoms with Crippen LogP contribution in [0, 0.1) is 0 Å². The number of carbonyl (C=O) groups is 1. The maximum Gasteiger partial charge on any atom is 0.343 e. The number of benzene rings is 1. The molecular formula is C12H11NO4. The Labute approximate surface area is 97.6 Å². The molecule has 0 amide bonds. The average molecular weight is 233 g/mol. The molecule has 2 rings (SSSR count). The molecule has 0 spiro atoms. The van der Waals surface area contributed by atoms with Crippen LogP contribution in [0.3, 0.4) is 0 Å². The Morgan fingerprint density at radius 3 is 2.94 bits per heavy atom. The lowest BCUT2D eigenvalue weighted by molar-refractivity contribution is -0.143. The predicted molar refractivity (Wildman–Crippen MR) is 60.9 cm³/mol. The summed E-state index contributed by atoms with van der Waals surface area (Å²) in [7, 11) is 1.28. The molecule has 1 N–H and O–H groups in total. The molecular weight excluding hydrogens is 222 g/mol. The van der Waals surface area contributed by atoms with E-state index >= 15 is 0 Å². The van der Waals surface area contributed by atoms with E-state index in [9.17, 15) is 9.90 Å². The van der Waals surface area contributed by atoms with E-state index in [1.165, 1.54) is 7.11 Å². The molecule has 0 aliphatic carbocycles. The number of carbonyl (C=O) groups excluding carboxylic acids is 1. The first kappa shape index (κ1) is 11.2. The van der Waals surface area contributed by atoms with Crippen LogP contribution in [0.4, 0.5) is 0 Å². The quantitative estimate of drug-likeness (QED) is 0.813. The highest BCUT2D eigenvalue weighted by molar-refractivity contribution is 5.84. The maximum absolute atomic E-state index is 10.9. The average Bonchev–Trinajstić information content (AvgIpc) is 2.36. The molecule has 2 aromatic rings. The smallest absolute Gasteiger partial charge is 0.343 e. The van der Waals surface area contributed by atoms with Gasteiger partial charge in [-0.15, -0.1) is 0 Å². The molecule has 0 unspecified atom stereocenters. The number of hydrogen-bond acceptors (Lipinski definition) is 5. The van der Waals surface area contributed by atoms with Crippen LogP contribution < -0.4 is 4.74 Å². The minimum Gasteiger partial charge on any atom is -0.506 e. The maximum atomic E-state index is 10.9. The summed E-state index contributed by atoms with van der Waals surface area (Å²) in [6.07, 6.45) is 0. The number of esters is 1. The SMILES string of the molecule is COC(=O)COc1ccc2cccc(O)c2n1. The van der Waals surface area contributed by atoms with Gasteiger partial charge in [0, 0.05) is 11.5 Å². The van der Waals surface area contributed by atoms with E-state index in [-0.39, 0.29) is 18.2 Å². The number of para-hydroxylation sites is 1. The minimum atomic E-state index is -0.482. The molecule has 1 heterocycles. The van der Waals surface area contributed by atoms with Gasteiger partial charge in [0.15, 0.2) is 6.61 Å². The summed E-state index contributed by atoms with van der Waals surface area (Å²) in [5.74, 6) is -0.139. The molecule has 17 heavy (non-hydrogen) atoms. The van der Waals surface area contributed by atoms with E-state index in [0.717, 1.165) is 5.39 Å². The number of phenolic OH excluding ortho intramolecular Hbond substituents is 1. The van der Waals surface area contributed by atoms with E-state index < -0.39 is 5.97 Å². The van der Waals surface area contributed by atoms with Crippen molar-refractivity contribution in [2.75, 3.05) is 13.7 Å². The molecule has 1 aromatic carbocycles. The molecule has 0 aliphatic rings. The van der Waals surface area contributed by atoms with Gasteiger partial charge in [-0.2, -0.15) is 0 Å². The van der Waals surface area contributed by atoms with Crippen molar-refractivity contribution in [2.24, 2.45) is 0 Å². The summed E-state index contributed by atoms with van der Waals surface area (Å²) in [4.78, 5) is 15.0. The second kappa shape index (κ2) is 4.69. The molecule has 0 bridgehead atoms. The Morgan fingerprint density at radius 1 is 1.35 bits per heavy atom. The van der Waals surface area contributed by atoms with Gasteiger partial charge in [0.2, 0.25) is 5.88 Å². The summed E-state index contributed by atoms with van der Waals surface area (Å²) in [6, 6.07) is 8.49. The van der Waals surface area contributed by atoms with Crippen LogP contribution in [0.2, 0.25) is 0 Å². The van der Waals surface area contributed by atoms with Gasteiger partial charge < -0.3 is 14.6 Å². The van der Waals surface area contributed by atoms with Gasteiger partial charge in [-0.1, -0.05) is 12.1 Å². The van der Waals surface area contributed by atoms with Crippen LogP contribution in [-0.4, -0.2) is 29.8 Å². The first-order valence-electron chi connectivity index (χ1n) is 4.99. The fourth-order valence-electron chi connectivity index (χ4n) is 1.39. The molecule has 1 aromatic heterocycles. The number of aromatic nitrogens is 1. The van der Waals surface area contributed by atoms with Crippen LogP contribution in [0.15, 0.2) is 30.3 Å². The summed E-state index contributed by atoms with van der Waals surface area (Å²) in [6.45, 7) is -0.206. The van der Waals surface area contributed by atoms with Crippen molar-refractivity contribution in [3.63, 3.8) is 0 Å². The van der Waals surface area contributed by atoms with Gasteiger partial charge in [-0.05, 0) is 12.1 Å². The third-order valence-corrected chi connectivity index (χ3v) is 2.24. The number of ether oxygens (including phenoxy) is 2. The van der Waals surface area contributed by atoms with Crippen molar-refractivity contribution in [2.45, 2.75) is 0 Å². The Hall–Kier alpha value is -2.30. The lowest BCUT2D eigenvalue weighted by Crippen LogP contribution is -2.13. The lowest BCUT2D eigenvalue weighted by atomic mass is 10.2. The standard InChI is InChI=1S/C12H11NO4/c1-16-11(15)7-17-10-6-5-8-3-2-4-9(14)12(8)13-10/h2-6,14H,7H2,1H3. The predicted octanol–water partition coefficient (Wildman–Crippen LogP) is 1.49. The number of nitrogens with zero attached hydrogens (tertiary/aromatic N) is 1. The summed E-state index contributed by atoms with van der Waals surface area (Å²) in [5.41, 5.74) is 0.440. The third kappa shape index (κ3) is 2.44. The molecule has 88 valence electrons. The molecule has 0 fully saturated rings. The third-order valence-electron chi connectivity index (χ3n) is 2.24. The minimum absolute atomic E-state index is 0.0750. The second-order valence-corrected chi connectivity index (χ2v) is 3.36. The Kier molecular flexibility index (Phi) is 3.09. The first-order valence-corrected chi connectivity index (χ1v) is 4.99. The Bertz CT molecular complexity index is 553. The Balaban J connectivity index is 2.25. The van der Waals surface area contributed by atoms with Crippen LogP contribution in [0.1, 0.15) is 0 Å². The highest BCUT2D eigenvalue weighted by Gasteiger charge is 2.05. The van der Waals surface area contributed by atoms with E-state index in [0.29, 0.717) is 5.52 Å². The van der Waals surface area contributed by atoms with Crippen molar-refractivity contribution in [1.29, 1.82) is 0 Å². The topological polar surface area (TPSA) is 68.7 Å². The van der Waals surface area contributed by atoms with E-state index in [1.807, 2.05) is 6.07 Å². The fraction of sp³-hybridized carbons (Fsp3) is 0.167. The first-order chi connectivity index (χ1) is 8.20. The molecule has 0 saturated carbocycles. The van der Waals surface area contributed by atoms with Crippen molar-refractivity contribution < 1.29 is 19.4 Å². The monoisotopic (exact) mass is 233 g/mol. The number of hydrogen-bond donors (Lipinski definition) is 1. The van der Waals surface area contributed by atoms with Gasteiger partial charge in [0.1, 0.15) is 11.3 Å². The molecule has 5 heteroatoms. The van der Waals surface area contributed by atoms with Gasteiger partial charge in [-0.25, -0.2) is 9.78 Å². The summed E-state index contributed by atoms with van der Waals surface area (Å²) >= 11 is 0. The number of aromatic hydroxyl groups is 1. The fourth-order valence-corrected chi connectivity index (χ4v) is 1.39. The summed E-state index contributed by atoms with van der Waals surface area (Å²) < 4.78 is 9.57. The molecule has 0 aliphatic heterocycles. The zero-order valence-electron chi connectivity index (χ0n) is 9.21. The van der Waals surface area contributed by atoms with Crippen LogP contribution in [0.5, 0.6) is 11.6 Å². The molecule has 0 saturated heterocycles.